The molecular formula is C23H32N4O2S. The Labute approximate surface area is 180 Å². The van der Waals surface area contributed by atoms with Crippen molar-refractivity contribution in [2.45, 2.75) is 37.6 Å². The molecule has 0 saturated carbocycles. The van der Waals surface area contributed by atoms with E-state index in [9.17, 15) is 8.42 Å². The number of aliphatic imine (C=N–C) groups is 1. The van der Waals surface area contributed by atoms with Crippen molar-refractivity contribution in [3.8, 4) is 0 Å². The number of nitrogens with one attached hydrogen (secondary N) is 2. The molecule has 1 aliphatic heterocycles. The summed E-state index contributed by atoms with van der Waals surface area (Å²) in [4.78, 5) is 7.47. The van der Waals surface area contributed by atoms with Crippen LogP contribution in [0.2, 0.25) is 0 Å². The number of rotatable bonds is 7. The van der Waals surface area contributed by atoms with Crippen molar-refractivity contribution in [2.75, 3.05) is 37.3 Å². The van der Waals surface area contributed by atoms with E-state index >= 15 is 0 Å². The second-order valence-electron chi connectivity index (χ2n) is 7.84. The largest absolute Gasteiger partial charge is 0.369 e. The molecule has 1 heterocycles. The molecule has 0 aliphatic carbocycles. The van der Waals surface area contributed by atoms with Crippen LogP contribution in [0.1, 0.15) is 24.5 Å². The van der Waals surface area contributed by atoms with Gasteiger partial charge in [-0.25, -0.2) is 8.42 Å². The Kier molecular flexibility index (Phi) is 7.37. The summed E-state index contributed by atoms with van der Waals surface area (Å²) in [6, 6.07) is 16.1. The van der Waals surface area contributed by atoms with Gasteiger partial charge in [-0.3, -0.25) is 4.99 Å². The molecule has 0 amide bonds. The number of hydrogen-bond donors (Lipinski definition) is 2. The lowest BCUT2D eigenvalue weighted by molar-refractivity contribution is 0.602. The Morgan fingerprint density at radius 3 is 2.47 bits per heavy atom. The van der Waals surface area contributed by atoms with E-state index in [2.05, 4.69) is 53.6 Å². The highest BCUT2D eigenvalue weighted by molar-refractivity contribution is 7.90. The molecule has 6 nitrogen and oxygen atoms in total. The van der Waals surface area contributed by atoms with Crippen molar-refractivity contribution >= 4 is 21.5 Å². The Balaban J connectivity index is 1.54. The number of benzene rings is 2. The molecule has 1 unspecified atom stereocenters. The van der Waals surface area contributed by atoms with E-state index in [1.54, 1.807) is 12.1 Å². The smallest absolute Gasteiger partial charge is 0.191 e. The highest BCUT2D eigenvalue weighted by Gasteiger charge is 2.23. The van der Waals surface area contributed by atoms with E-state index < -0.39 is 9.84 Å². The lowest BCUT2D eigenvalue weighted by Gasteiger charge is -2.20. The number of aryl methyl sites for hydroxylation is 1. The van der Waals surface area contributed by atoms with Crippen molar-refractivity contribution in [2.24, 2.45) is 4.99 Å². The third-order valence-electron chi connectivity index (χ3n) is 5.29. The number of hydrogen-bond acceptors (Lipinski definition) is 4. The van der Waals surface area contributed by atoms with Crippen molar-refractivity contribution in [3.63, 3.8) is 0 Å². The molecule has 1 atom stereocenters. The Morgan fingerprint density at radius 2 is 1.83 bits per heavy atom. The maximum absolute atomic E-state index is 11.6. The summed E-state index contributed by atoms with van der Waals surface area (Å²) in [5, 5.41) is 6.89. The molecule has 1 fully saturated rings. The van der Waals surface area contributed by atoms with E-state index in [1.807, 2.05) is 12.1 Å². The second-order valence-corrected chi connectivity index (χ2v) is 9.85. The summed E-state index contributed by atoms with van der Waals surface area (Å²) < 4.78 is 23.1. The molecule has 3 rings (SSSR count). The van der Waals surface area contributed by atoms with Gasteiger partial charge in [-0.05, 0) is 56.5 Å². The second kappa shape index (κ2) is 9.98. The lowest BCUT2D eigenvalue weighted by Crippen LogP contribution is -2.44. The molecule has 2 N–H and O–H groups in total. The zero-order valence-electron chi connectivity index (χ0n) is 18.1. The first-order chi connectivity index (χ1) is 14.3. The van der Waals surface area contributed by atoms with Crippen LogP contribution in [0.15, 0.2) is 58.4 Å². The van der Waals surface area contributed by atoms with Crippen LogP contribution < -0.4 is 15.5 Å². The van der Waals surface area contributed by atoms with Crippen LogP contribution >= 0.6 is 0 Å². The summed E-state index contributed by atoms with van der Waals surface area (Å²) in [6.07, 6.45) is 3.07. The standard InChI is InChI=1S/C23H32N4O2S/c1-4-24-23(25-15-13-19-7-11-22(12-8-19)30(3,28)29)26-20-14-16-27(17-20)21-9-5-18(2)6-10-21/h5-12,20H,4,13-17H2,1-3H3,(H2,24,25,26). The topological polar surface area (TPSA) is 73.8 Å². The first-order valence-corrected chi connectivity index (χ1v) is 12.4. The Morgan fingerprint density at radius 1 is 1.13 bits per heavy atom. The van der Waals surface area contributed by atoms with E-state index in [0.717, 1.165) is 44.0 Å². The van der Waals surface area contributed by atoms with Crippen LogP contribution in [0.4, 0.5) is 5.69 Å². The first kappa shape index (κ1) is 22.2. The van der Waals surface area contributed by atoms with Crippen LogP contribution in [0.25, 0.3) is 0 Å². The molecular weight excluding hydrogens is 396 g/mol. The quantitative estimate of drug-likeness (QED) is 0.524. The summed E-state index contributed by atoms with van der Waals surface area (Å²) in [7, 11) is -3.15. The molecule has 162 valence electrons. The Hall–Kier alpha value is -2.54. The van der Waals surface area contributed by atoms with Crippen LogP contribution in [0.3, 0.4) is 0 Å². The first-order valence-electron chi connectivity index (χ1n) is 10.5. The summed E-state index contributed by atoms with van der Waals surface area (Å²) in [5.41, 5.74) is 3.62. The minimum Gasteiger partial charge on any atom is -0.369 e. The zero-order chi connectivity index (χ0) is 21.6. The van der Waals surface area contributed by atoms with Crippen molar-refractivity contribution in [3.05, 3.63) is 59.7 Å². The van der Waals surface area contributed by atoms with E-state index in [-0.39, 0.29) is 0 Å². The van der Waals surface area contributed by atoms with E-state index in [4.69, 9.17) is 4.99 Å². The van der Waals surface area contributed by atoms with Gasteiger partial charge in [0.1, 0.15) is 0 Å². The molecule has 0 bridgehead atoms. The summed E-state index contributed by atoms with van der Waals surface area (Å²) >= 11 is 0. The highest BCUT2D eigenvalue weighted by atomic mass is 32.2. The van der Waals surface area contributed by atoms with Crippen molar-refractivity contribution in [1.29, 1.82) is 0 Å². The predicted octanol–water partition coefficient (Wildman–Crippen LogP) is 2.78. The average molecular weight is 429 g/mol. The van der Waals surface area contributed by atoms with Crippen LogP contribution in [-0.4, -0.2) is 52.9 Å². The van der Waals surface area contributed by atoms with Crippen molar-refractivity contribution in [1.82, 2.24) is 10.6 Å². The minimum atomic E-state index is -3.15. The average Bonchev–Trinajstić information content (AvgIpc) is 3.17. The lowest BCUT2D eigenvalue weighted by atomic mass is 10.1. The molecule has 0 spiro atoms. The number of anilines is 1. The number of sulfone groups is 1. The SMILES string of the molecule is CCNC(=NCCc1ccc(S(C)(=O)=O)cc1)NC1CCN(c2ccc(C)cc2)C1. The number of guanidine groups is 1. The molecule has 2 aromatic carbocycles. The minimum absolute atomic E-state index is 0.351. The summed E-state index contributed by atoms with van der Waals surface area (Å²) in [5.74, 6) is 0.834. The van der Waals surface area contributed by atoms with Crippen LogP contribution in [-0.2, 0) is 16.3 Å². The van der Waals surface area contributed by atoms with Gasteiger partial charge in [-0.2, -0.15) is 0 Å². The highest BCUT2D eigenvalue weighted by Crippen LogP contribution is 2.20. The maximum atomic E-state index is 11.6. The molecule has 1 saturated heterocycles. The van der Waals surface area contributed by atoms with Crippen molar-refractivity contribution < 1.29 is 8.42 Å². The summed E-state index contributed by atoms with van der Waals surface area (Å²) in [6.45, 7) is 7.62. The van der Waals surface area contributed by atoms with Gasteiger partial charge in [0.15, 0.2) is 15.8 Å². The molecule has 2 aromatic rings. The molecule has 1 aliphatic rings. The monoisotopic (exact) mass is 428 g/mol. The van der Waals surface area contributed by atoms with Gasteiger partial charge in [0, 0.05) is 44.2 Å². The normalized spacial score (nSPS) is 17.2. The zero-order valence-corrected chi connectivity index (χ0v) is 18.9. The van der Waals surface area contributed by atoms with Gasteiger partial charge in [-0.1, -0.05) is 29.8 Å². The van der Waals surface area contributed by atoms with Gasteiger partial charge in [0.2, 0.25) is 0 Å². The molecule has 0 radical (unpaired) electrons. The molecule has 30 heavy (non-hydrogen) atoms. The van der Waals surface area contributed by atoms with Crippen LogP contribution in [0.5, 0.6) is 0 Å². The van der Waals surface area contributed by atoms with E-state index in [0.29, 0.717) is 17.5 Å². The fourth-order valence-electron chi connectivity index (χ4n) is 3.58. The van der Waals surface area contributed by atoms with Gasteiger partial charge < -0.3 is 15.5 Å². The van der Waals surface area contributed by atoms with Gasteiger partial charge in [0.05, 0.1) is 4.90 Å². The predicted molar refractivity (Wildman–Crippen MR) is 124 cm³/mol. The third kappa shape index (κ3) is 6.23. The van der Waals surface area contributed by atoms with Gasteiger partial charge >= 0.3 is 0 Å². The van der Waals surface area contributed by atoms with Crippen LogP contribution in [0, 0.1) is 6.92 Å². The molecule has 0 aromatic heterocycles. The third-order valence-corrected chi connectivity index (χ3v) is 6.42. The fourth-order valence-corrected chi connectivity index (χ4v) is 4.21. The van der Waals surface area contributed by atoms with Gasteiger partial charge in [0.25, 0.3) is 0 Å². The number of nitrogens with zero attached hydrogens (tertiary/aromatic N) is 2. The molecule has 7 heteroatoms. The van der Waals surface area contributed by atoms with Gasteiger partial charge in [-0.15, -0.1) is 0 Å². The Bertz CT molecular complexity index is 954. The maximum Gasteiger partial charge on any atom is 0.191 e. The fraction of sp³-hybridized carbons (Fsp3) is 0.435. The van der Waals surface area contributed by atoms with E-state index in [1.165, 1.54) is 17.5 Å².